The van der Waals surface area contributed by atoms with Gasteiger partial charge in [-0.05, 0) is 61.2 Å². The first-order valence-electron chi connectivity index (χ1n) is 12.2. The number of nitrogens with zero attached hydrogens (tertiary/aromatic N) is 2. The second-order valence-corrected chi connectivity index (χ2v) is 9.10. The molecule has 0 bridgehead atoms. The number of carbonyl (C=O) groups excluding carboxylic acids is 1. The molecule has 1 saturated heterocycles. The third kappa shape index (κ3) is 7.10. The lowest BCUT2D eigenvalue weighted by atomic mass is 10.0. The number of amidine groups is 1. The third-order valence-corrected chi connectivity index (χ3v) is 6.20. The number of amides is 1. The Bertz CT molecular complexity index is 1320. The van der Waals surface area contributed by atoms with Crippen LogP contribution in [0, 0.1) is 0 Å². The van der Waals surface area contributed by atoms with Crippen LogP contribution in [0.2, 0.25) is 0 Å². The van der Waals surface area contributed by atoms with E-state index in [9.17, 15) is 31.1 Å². The number of hydrogen-bond donors (Lipinski definition) is 1. The van der Waals surface area contributed by atoms with Crippen molar-refractivity contribution in [3.63, 3.8) is 0 Å². The normalized spacial score (nSPS) is 14.8. The average Bonchev–Trinajstić information content (AvgIpc) is 2.91. The Hall–Kier alpha value is -4.02. The van der Waals surface area contributed by atoms with Gasteiger partial charge in [-0.1, -0.05) is 30.3 Å². The first-order chi connectivity index (χ1) is 18.4. The molecule has 3 aromatic carbocycles. The number of piperidine rings is 1. The van der Waals surface area contributed by atoms with Crippen LogP contribution in [0.1, 0.15) is 51.9 Å². The zero-order valence-electron chi connectivity index (χ0n) is 20.6. The Morgan fingerprint density at radius 1 is 0.846 bits per heavy atom. The van der Waals surface area contributed by atoms with Gasteiger partial charge in [0.2, 0.25) is 0 Å². The monoisotopic (exact) mass is 549 g/mol. The summed E-state index contributed by atoms with van der Waals surface area (Å²) in [6.45, 7) is 1.26. The minimum absolute atomic E-state index is 0.0154. The summed E-state index contributed by atoms with van der Waals surface area (Å²) in [6, 6.07) is 14.5. The molecular formula is C28H25F6N3O2. The van der Waals surface area contributed by atoms with Crippen molar-refractivity contribution in [2.24, 2.45) is 10.7 Å². The van der Waals surface area contributed by atoms with Gasteiger partial charge in [-0.15, -0.1) is 0 Å². The van der Waals surface area contributed by atoms with E-state index in [0.29, 0.717) is 25.2 Å². The molecule has 206 valence electrons. The van der Waals surface area contributed by atoms with E-state index in [2.05, 4.69) is 4.99 Å². The molecule has 0 aliphatic carbocycles. The van der Waals surface area contributed by atoms with E-state index >= 15 is 0 Å². The number of aliphatic imine (C=N–C) groups is 1. The van der Waals surface area contributed by atoms with Gasteiger partial charge in [0.1, 0.15) is 18.2 Å². The van der Waals surface area contributed by atoms with Crippen LogP contribution in [0.5, 0.6) is 5.75 Å². The molecule has 39 heavy (non-hydrogen) atoms. The highest BCUT2D eigenvalue weighted by molar-refractivity contribution is 6.04. The van der Waals surface area contributed by atoms with Crippen LogP contribution in [0.4, 0.5) is 32.0 Å². The van der Waals surface area contributed by atoms with Crippen LogP contribution < -0.4 is 10.5 Å². The van der Waals surface area contributed by atoms with Gasteiger partial charge in [-0.25, -0.2) is 4.99 Å². The zero-order valence-corrected chi connectivity index (χ0v) is 20.6. The van der Waals surface area contributed by atoms with Gasteiger partial charge in [0, 0.05) is 18.7 Å². The highest BCUT2D eigenvalue weighted by Gasteiger charge is 2.37. The SMILES string of the molecule is NC(=Nc1cc(C(F)(F)F)cc(C(F)(F)F)c1)c1cc(C(=O)N2CCCCC2)ccc1OCc1ccccc1. The largest absolute Gasteiger partial charge is 0.488 e. The molecule has 0 spiro atoms. The summed E-state index contributed by atoms with van der Waals surface area (Å²) in [5.41, 5.74) is 3.59. The van der Waals surface area contributed by atoms with E-state index in [1.54, 1.807) is 11.0 Å². The molecule has 3 aromatic rings. The summed E-state index contributed by atoms with van der Waals surface area (Å²) < 4.78 is 85.9. The number of ether oxygens (including phenoxy) is 1. The minimum atomic E-state index is -5.04. The van der Waals surface area contributed by atoms with Crippen molar-refractivity contribution in [2.75, 3.05) is 13.1 Å². The van der Waals surface area contributed by atoms with Gasteiger partial charge in [0.05, 0.1) is 22.4 Å². The molecule has 2 N–H and O–H groups in total. The molecular weight excluding hydrogens is 524 g/mol. The van der Waals surface area contributed by atoms with Gasteiger partial charge in [0.25, 0.3) is 5.91 Å². The summed E-state index contributed by atoms with van der Waals surface area (Å²) >= 11 is 0. The van der Waals surface area contributed by atoms with E-state index < -0.39 is 35.0 Å². The van der Waals surface area contributed by atoms with E-state index in [1.807, 2.05) is 30.3 Å². The summed E-state index contributed by atoms with van der Waals surface area (Å²) in [5, 5.41) is 0. The van der Waals surface area contributed by atoms with Gasteiger partial charge >= 0.3 is 12.4 Å². The maximum absolute atomic E-state index is 13.3. The standard InChI is InChI=1S/C28H25F6N3O2/c29-27(30,31)20-14-21(28(32,33)34)16-22(15-20)36-25(35)23-13-19(26(38)37-11-5-2-6-12-37)9-10-24(23)39-17-18-7-3-1-4-8-18/h1,3-4,7-10,13-16H,2,5-6,11-12,17H2,(H2,35,36). The molecule has 0 radical (unpaired) electrons. The second-order valence-electron chi connectivity index (χ2n) is 9.10. The minimum Gasteiger partial charge on any atom is -0.488 e. The van der Waals surface area contributed by atoms with Crippen LogP contribution >= 0.6 is 0 Å². The Morgan fingerprint density at radius 2 is 1.46 bits per heavy atom. The molecule has 1 amide bonds. The average molecular weight is 550 g/mol. The molecule has 0 atom stereocenters. The number of alkyl halides is 6. The predicted molar refractivity (Wildman–Crippen MR) is 134 cm³/mol. The van der Waals surface area contributed by atoms with Crippen LogP contribution in [0.3, 0.4) is 0 Å². The van der Waals surface area contributed by atoms with Crippen LogP contribution in [-0.2, 0) is 19.0 Å². The fourth-order valence-corrected chi connectivity index (χ4v) is 4.21. The number of benzene rings is 3. The van der Waals surface area contributed by atoms with Gasteiger partial charge < -0.3 is 15.4 Å². The smallest absolute Gasteiger partial charge is 0.416 e. The maximum atomic E-state index is 13.3. The number of rotatable bonds is 6. The molecule has 0 saturated carbocycles. The van der Waals surface area contributed by atoms with E-state index in [0.717, 1.165) is 24.8 Å². The van der Waals surface area contributed by atoms with Crippen molar-refractivity contribution in [2.45, 2.75) is 38.2 Å². The van der Waals surface area contributed by atoms with Crippen molar-refractivity contribution in [3.8, 4) is 5.75 Å². The van der Waals surface area contributed by atoms with E-state index in [1.165, 1.54) is 12.1 Å². The number of likely N-dealkylation sites (tertiary alicyclic amines) is 1. The number of nitrogens with two attached hydrogens (primary N) is 1. The molecule has 1 aliphatic rings. The Labute approximate surface area is 220 Å². The van der Waals surface area contributed by atoms with E-state index in [4.69, 9.17) is 10.5 Å². The van der Waals surface area contributed by atoms with Crippen LogP contribution in [0.15, 0.2) is 71.7 Å². The molecule has 4 rings (SSSR count). The lowest BCUT2D eigenvalue weighted by Gasteiger charge is -2.27. The topological polar surface area (TPSA) is 67.9 Å². The first-order valence-corrected chi connectivity index (χ1v) is 12.2. The third-order valence-electron chi connectivity index (χ3n) is 6.20. The van der Waals surface area contributed by atoms with Crippen LogP contribution in [-0.4, -0.2) is 29.7 Å². The molecule has 1 aliphatic heterocycles. The predicted octanol–water partition coefficient (Wildman–Crippen LogP) is 6.97. The molecule has 1 fully saturated rings. The van der Waals surface area contributed by atoms with Crippen LogP contribution in [0.25, 0.3) is 0 Å². The first kappa shape index (κ1) is 28.0. The van der Waals surface area contributed by atoms with Crippen molar-refractivity contribution in [1.82, 2.24) is 4.90 Å². The van der Waals surface area contributed by atoms with Crippen molar-refractivity contribution in [3.05, 3.63) is 94.5 Å². The molecule has 11 heteroatoms. The fourth-order valence-electron chi connectivity index (χ4n) is 4.21. The maximum Gasteiger partial charge on any atom is 0.416 e. The fraction of sp³-hybridized carbons (Fsp3) is 0.286. The molecule has 0 aromatic heterocycles. The van der Waals surface area contributed by atoms with Gasteiger partial charge in [-0.3, -0.25) is 4.79 Å². The van der Waals surface area contributed by atoms with Crippen molar-refractivity contribution in [1.29, 1.82) is 0 Å². The Balaban J connectivity index is 1.75. The second kappa shape index (κ2) is 11.4. The van der Waals surface area contributed by atoms with E-state index in [-0.39, 0.29) is 35.5 Å². The lowest BCUT2D eigenvalue weighted by Crippen LogP contribution is -2.35. The number of carbonyl (C=O) groups is 1. The lowest BCUT2D eigenvalue weighted by molar-refractivity contribution is -0.143. The molecule has 1 heterocycles. The zero-order chi connectivity index (χ0) is 28.2. The molecule has 0 unspecified atom stereocenters. The highest BCUT2D eigenvalue weighted by atomic mass is 19.4. The summed E-state index contributed by atoms with van der Waals surface area (Å²) in [6.07, 6.45) is -7.34. The van der Waals surface area contributed by atoms with Gasteiger partial charge in [0.15, 0.2) is 0 Å². The highest BCUT2D eigenvalue weighted by Crippen LogP contribution is 2.38. The molecule has 5 nitrogen and oxygen atoms in total. The quantitative estimate of drug-likeness (QED) is 0.205. The van der Waals surface area contributed by atoms with Gasteiger partial charge in [-0.2, -0.15) is 26.3 Å². The Kier molecular flexibility index (Phi) is 8.17. The Morgan fingerprint density at radius 3 is 2.05 bits per heavy atom. The van der Waals surface area contributed by atoms with Crippen molar-refractivity contribution < 1.29 is 35.9 Å². The summed E-state index contributed by atoms with van der Waals surface area (Å²) in [7, 11) is 0. The van der Waals surface area contributed by atoms with Crippen molar-refractivity contribution >= 4 is 17.4 Å². The summed E-state index contributed by atoms with van der Waals surface area (Å²) in [4.78, 5) is 18.7. The number of halogens is 6. The summed E-state index contributed by atoms with van der Waals surface area (Å²) in [5.74, 6) is -0.506. The number of hydrogen-bond acceptors (Lipinski definition) is 3.